The van der Waals surface area contributed by atoms with Crippen molar-refractivity contribution in [2.24, 2.45) is 0 Å². The first-order valence-corrected chi connectivity index (χ1v) is 17.1. The summed E-state index contributed by atoms with van der Waals surface area (Å²) >= 11 is 0. The van der Waals surface area contributed by atoms with E-state index in [1.807, 2.05) is 24.3 Å². The molecule has 0 amide bonds. The summed E-state index contributed by atoms with van der Waals surface area (Å²) in [4.78, 5) is 25.3. The molecule has 0 fully saturated rings. The second-order valence-corrected chi connectivity index (χ2v) is 11.6. The zero-order valence-corrected chi connectivity index (χ0v) is 27.4. The molecule has 0 bridgehead atoms. The summed E-state index contributed by atoms with van der Waals surface area (Å²) in [5.74, 6) is 1.39. The lowest BCUT2D eigenvalue weighted by molar-refractivity contribution is 0.0734. The van der Waals surface area contributed by atoms with Crippen molar-refractivity contribution < 1.29 is 23.8 Å². The van der Waals surface area contributed by atoms with Crippen molar-refractivity contribution in [2.75, 3.05) is 13.2 Å². The average Bonchev–Trinajstić information content (AvgIpc) is 3.07. The van der Waals surface area contributed by atoms with Crippen LogP contribution in [-0.2, 0) is 0 Å². The molecule has 0 aliphatic heterocycles. The van der Waals surface area contributed by atoms with Crippen LogP contribution in [0.3, 0.4) is 0 Å². The number of unbranched alkanes of at least 4 members (excludes halogenated alkanes) is 12. The highest BCUT2D eigenvalue weighted by Gasteiger charge is 2.10. The quantitative estimate of drug-likeness (QED) is 0.0350. The van der Waals surface area contributed by atoms with Gasteiger partial charge in [0.05, 0.1) is 18.8 Å². The molecule has 45 heavy (non-hydrogen) atoms. The van der Waals surface area contributed by atoms with Crippen LogP contribution in [0.25, 0.3) is 6.08 Å². The first kappa shape index (κ1) is 35.6. The third-order valence-electron chi connectivity index (χ3n) is 7.78. The van der Waals surface area contributed by atoms with E-state index in [1.165, 1.54) is 77.0 Å². The van der Waals surface area contributed by atoms with Crippen LogP contribution in [0.1, 0.15) is 130 Å². The molecule has 0 spiro atoms. The minimum Gasteiger partial charge on any atom is -0.494 e. The van der Waals surface area contributed by atoms with Crippen molar-refractivity contribution in [3.63, 3.8) is 0 Å². The summed E-state index contributed by atoms with van der Waals surface area (Å²) < 4.78 is 17.2. The number of esters is 1. The fraction of sp³-hybridized carbons (Fsp3) is 0.450. The first-order chi connectivity index (χ1) is 22.1. The Morgan fingerprint density at radius 3 is 1.44 bits per heavy atom. The molecule has 242 valence electrons. The van der Waals surface area contributed by atoms with Gasteiger partial charge < -0.3 is 14.2 Å². The Kier molecular flexibility index (Phi) is 17.2. The van der Waals surface area contributed by atoms with E-state index in [1.54, 1.807) is 60.7 Å². The minimum absolute atomic E-state index is 0.126. The molecule has 5 nitrogen and oxygen atoms in total. The number of carbonyl (C=O) groups excluding carboxylic acids is 2. The molecule has 0 aromatic heterocycles. The third kappa shape index (κ3) is 14.6. The number of carbonyl (C=O) groups is 2. The molecule has 0 N–H and O–H groups in total. The van der Waals surface area contributed by atoms with Crippen molar-refractivity contribution in [3.8, 4) is 17.2 Å². The Bertz CT molecular complexity index is 1260. The van der Waals surface area contributed by atoms with Crippen LogP contribution in [-0.4, -0.2) is 25.0 Å². The molecule has 0 saturated carbocycles. The van der Waals surface area contributed by atoms with E-state index in [9.17, 15) is 9.59 Å². The van der Waals surface area contributed by atoms with Gasteiger partial charge in [-0.1, -0.05) is 109 Å². The molecule has 3 aromatic carbocycles. The largest absolute Gasteiger partial charge is 0.494 e. The zero-order valence-electron chi connectivity index (χ0n) is 27.4. The number of hydrogen-bond donors (Lipinski definition) is 0. The molecular formula is C40H52O5. The normalized spacial score (nSPS) is 11.1. The summed E-state index contributed by atoms with van der Waals surface area (Å²) in [7, 11) is 0. The van der Waals surface area contributed by atoms with E-state index in [4.69, 9.17) is 14.2 Å². The fourth-order valence-corrected chi connectivity index (χ4v) is 4.98. The highest BCUT2D eigenvalue weighted by molar-refractivity contribution is 6.06. The van der Waals surface area contributed by atoms with Crippen LogP contribution in [0.4, 0.5) is 0 Å². The maximum Gasteiger partial charge on any atom is 0.343 e. The summed E-state index contributed by atoms with van der Waals surface area (Å²) in [6, 6.07) is 21.4. The number of rotatable bonds is 23. The summed E-state index contributed by atoms with van der Waals surface area (Å²) in [6.07, 6.45) is 20.8. The lowest BCUT2D eigenvalue weighted by Crippen LogP contribution is -2.08. The maximum absolute atomic E-state index is 12.7. The number of ether oxygens (including phenoxy) is 3. The molecule has 5 heteroatoms. The van der Waals surface area contributed by atoms with Gasteiger partial charge in [-0.25, -0.2) is 4.79 Å². The second kappa shape index (κ2) is 21.8. The Labute approximate surface area is 271 Å². The summed E-state index contributed by atoms with van der Waals surface area (Å²) in [6.45, 7) is 5.88. The second-order valence-electron chi connectivity index (χ2n) is 11.6. The summed E-state index contributed by atoms with van der Waals surface area (Å²) in [5.41, 5.74) is 1.88. The Hall–Kier alpha value is -3.86. The van der Waals surface area contributed by atoms with Gasteiger partial charge in [0.1, 0.15) is 17.2 Å². The van der Waals surface area contributed by atoms with Crippen molar-refractivity contribution in [1.82, 2.24) is 0 Å². The van der Waals surface area contributed by atoms with Crippen LogP contribution in [0.15, 0.2) is 78.9 Å². The maximum atomic E-state index is 12.7. The standard InChI is InChI=1S/C40H52O5/c1-3-5-7-9-11-12-14-16-32-44-37-26-22-35(23-27-37)40(42)45-38-28-20-34(21-29-38)39(41)30-19-33-17-24-36(25-18-33)43-31-15-13-10-8-6-4-2/h17-30H,3-16,31-32H2,1-2H3/b30-19+. The number of benzene rings is 3. The molecule has 0 unspecified atom stereocenters. The third-order valence-corrected chi connectivity index (χ3v) is 7.78. The molecule has 0 radical (unpaired) electrons. The van der Waals surface area contributed by atoms with E-state index in [-0.39, 0.29) is 5.78 Å². The van der Waals surface area contributed by atoms with Crippen molar-refractivity contribution in [3.05, 3.63) is 95.6 Å². The summed E-state index contributed by atoms with van der Waals surface area (Å²) in [5, 5.41) is 0. The lowest BCUT2D eigenvalue weighted by atomic mass is 10.1. The van der Waals surface area contributed by atoms with Crippen LogP contribution < -0.4 is 14.2 Å². The molecule has 0 atom stereocenters. The highest BCUT2D eigenvalue weighted by Crippen LogP contribution is 2.19. The lowest BCUT2D eigenvalue weighted by Gasteiger charge is -2.08. The molecule has 3 rings (SSSR count). The SMILES string of the molecule is CCCCCCCCCCOc1ccc(C(=O)Oc2ccc(C(=O)/C=C/c3ccc(OCCCCCCCC)cc3)cc2)cc1. The molecule has 0 aliphatic rings. The van der Waals surface area contributed by atoms with E-state index in [2.05, 4.69) is 13.8 Å². The van der Waals surface area contributed by atoms with Gasteiger partial charge in [-0.15, -0.1) is 0 Å². The van der Waals surface area contributed by atoms with Crippen molar-refractivity contribution in [1.29, 1.82) is 0 Å². The van der Waals surface area contributed by atoms with Gasteiger partial charge in [0.2, 0.25) is 0 Å². The predicted octanol–water partition coefficient (Wildman–Crippen LogP) is 11.1. The van der Waals surface area contributed by atoms with E-state index in [0.717, 1.165) is 36.5 Å². The van der Waals surface area contributed by atoms with Gasteiger partial charge in [-0.3, -0.25) is 4.79 Å². The van der Waals surface area contributed by atoms with Crippen LogP contribution in [0.5, 0.6) is 17.2 Å². The smallest absolute Gasteiger partial charge is 0.343 e. The molecule has 3 aromatic rings. The van der Waals surface area contributed by atoms with Gasteiger partial charge in [0.15, 0.2) is 5.78 Å². The number of ketones is 1. The number of allylic oxidation sites excluding steroid dienone is 1. The highest BCUT2D eigenvalue weighted by atomic mass is 16.5. The fourth-order valence-electron chi connectivity index (χ4n) is 4.98. The predicted molar refractivity (Wildman–Crippen MR) is 185 cm³/mol. The molecular weight excluding hydrogens is 560 g/mol. The average molecular weight is 613 g/mol. The molecule has 0 heterocycles. The van der Waals surface area contributed by atoms with Crippen molar-refractivity contribution >= 4 is 17.8 Å². The van der Waals surface area contributed by atoms with Gasteiger partial charge in [0, 0.05) is 5.56 Å². The minimum atomic E-state index is -0.456. The van der Waals surface area contributed by atoms with Crippen molar-refractivity contribution in [2.45, 2.75) is 104 Å². The Morgan fingerprint density at radius 2 is 0.933 bits per heavy atom. The topological polar surface area (TPSA) is 61.8 Å². The van der Waals surface area contributed by atoms with Gasteiger partial charge >= 0.3 is 5.97 Å². The Morgan fingerprint density at radius 1 is 0.511 bits per heavy atom. The Balaban J connectivity index is 1.35. The van der Waals surface area contributed by atoms with E-state index in [0.29, 0.717) is 23.5 Å². The van der Waals surface area contributed by atoms with Crippen LogP contribution in [0, 0.1) is 0 Å². The van der Waals surface area contributed by atoms with Crippen LogP contribution >= 0.6 is 0 Å². The van der Waals surface area contributed by atoms with Gasteiger partial charge in [-0.05, 0) is 85.1 Å². The van der Waals surface area contributed by atoms with Crippen LogP contribution in [0.2, 0.25) is 0 Å². The molecule has 0 saturated heterocycles. The molecule has 0 aliphatic carbocycles. The van der Waals surface area contributed by atoms with Gasteiger partial charge in [0.25, 0.3) is 0 Å². The monoisotopic (exact) mass is 612 g/mol. The van der Waals surface area contributed by atoms with E-state index < -0.39 is 5.97 Å². The van der Waals surface area contributed by atoms with E-state index >= 15 is 0 Å². The van der Waals surface area contributed by atoms with Gasteiger partial charge in [-0.2, -0.15) is 0 Å². The zero-order chi connectivity index (χ0) is 32.0. The number of hydrogen-bond acceptors (Lipinski definition) is 5. The first-order valence-electron chi connectivity index (χ1n) is 17.1.